The first-order valence-electron chi connectivity index (χ1n) is 6.38. The minimum Gasteiger partial charge on any atom is -0.327 e. The molecule has 0 aromatic heterocycles. The van der Waals surface area contributed by atoms with Gasteiger partial charge in [0, 0.05) is 12.5 Å². The van der Waals surface area contributed by atoms with E-state index < -0.39 is 0 Å². The molecule has 1 aliphatic carbocycles. The van der Waals surface area contributed by atoms with Crippen LogP contribution in [0.25, 0.3) is 0 Å². The molecule has 1 fully saturated rings. The summed E-state index contributed by atoms with van der Waals surface area (Å²) in [5, 5.41) is 3.45. The summed E-state index contributed by atoms with van der Waals surface area (Å²) in [7, 11) is 0. The van der Waals surface area contributed by atoms with Crippen LogP contribution in [0.4, 0.5) is 5.69 Å². The first-order valence-corrected chi connectivity index (χ1v) is 6.75. The van der Waals surface area contributed by atoms with Gasteiger partial charge in [0.25, 0.3) is 0 Å². The summed E-state index contributed by atoms with van der Waals surface area (Å²) in [6.45, 7) is 1.97. The number of anilines is 1. The van der Waals surface area contributed by atoms with E-state index in [-0.39, 0.29) is 11.9 Å². The largest absolute Gasteiger partial charge is 0.327 e. The Morgan fingerprint density at radius 1 is 1.50 bits per heavy atom. The topological polar surface area (TPSA) is 55.1 Å². The van der Waals surface area contributed by atoms with Crippen molar-refractivity contribution in [2.24, 2.45) is 11.7 Å². The molecule has 0 bridgehead atoms. The lowest BCUT2D eigenvalue weighted by Gasteiger charge is -2.15. The van der Waals surface area contributed by atoms with Crippen LogP contribution in [0.2, 0.25) is 5.02 Å². The SMILES string of the molecule is Cc1ccc(Cl)c(NC(=O)C[C@@H]2CCC[C@H]2N)c1. The Hall–Kier alpha value is -1.06. The van der Waals surface area contributed by atoms with Gasteiger partial charge in [0.2, 0.25) is 5.91 Å². The summed E-state index contributed by atoms with van der Waals surface area (Å²) in [4.78, 5) is 12.0. The van der Waals surface area contributed by atoms with Crippen molar-refractivity contribution in [2.45, 2.75) is 38.6 Å². The molecule has 1 amide bonds. The van der Waals surface area contributed by atoms with Gasteiger partial charge in [-0.15, -0.1) is 0 Å². The highest BCUT2D eigenvalue weighted by molar-refractivity contribution is 6.33. The molecule has 1 aromatic rings. The van der Waals surface area contributed by atoms with Crippen molar-refractivity contribution < 1.29 is 4.79 Å². The lowest BCUT2D eigenvalue weighted by atomic mass is 10.00. The van der Waals surface area contributed by atoms with Crippen LogP contribution in [-0.2, 0) is 4.79 Å². The van der Waals surface area contributed by atoms with E-state index in [2.05, 4.69) is 5.32 Å². The van der Waals surface area contributed by atoms with Gasteiger partial charge in [-0.05, 0) is 43.4 Å². The molecule has 18 heavy (non-hydrogen) atoms. The van der Waals surface area contributed by atoms with Crippen LogP contribution in [0, 0.1) is 12.8 Å². The number of amides is 1. The van der Waals surface area contributed by atoms with Gasteiger partial charge in [-0.25, -0.2) is 0 Å². The van der Waals surface area contributed by atoms with Crippen molar-refractivity contribution in [3.05, 3.63) is 28.8 Å². The zero-order chi connectivity index (χ0) is 13.1. The van der Waals surface area contributed by atoms with E-state index in [0.717, 1.165) is 24.8 Å². The molecule has 0 saturated heterocycles. The minimum absolute atomic E-state index is 0.00449. The lowest BCUT2D eigenvalue weighted by Crippen LogP contribution is -2.28. The Kier molecular flexibility index (Phi) is 4.25. The number of hydrogen-bond donors (Lipinski definition) is 2. The molecule has 3 nitrogen and oxygen atoms in total. The molecule has 1 aliphatic rings. The van der Waals surface area contributed by atoms with Gasteiger partial charge in [-0.3, -0.25) is 4.79 Å². The fourth-order valence-corrected chi connectivity index (χ4v) is 2.66. The van der Waals surface area contributed by atoms with Crippen LogP contribution in [0.15, 0.2) is 18.2 Å². The van der Waals surface area contributed by atoms with Gasteiger partial charge in [-0.2, -0.15) is 0 Å². The second kappa shape index (κ2) is 5.72. The Labute approximate surface area is 113 Å². The minimum atomic E-state index is 0.00449. The van der Waals surface area contributed by atoms with Crippen LogP contribution in [0.1, 0.15) is 31.2 Å². The average molecular weight is 267 g/mol. The van der Waals surface area contributed by atoms with Crippen LogP contribution >= 0.6 is 11.6 Å². The quantitative estimate of drug-likeness (QED) is 0.883. The third kappa shape index (κ3) is 3.24. The molecule has 0 radical (unpaired) electrons. The zero-order valence-electron chi connectivity index (χ0n) is 10.6. The maximum absolute atomic E-state index is 12.0. The van der Waals surface area contributed by atoms with E-state index in [9.17, 15) is 4.79 Å². The van der Waals surface area contributed by atoms with E-state index in [1.54, 1.807) is 6.07 Å². The Balaban J connectivity index is 1.96. The number of rotatable bonds is 3. The van der Waals surface area contributed by atoms with Gasteiger partial charge in [0.05, 0.1) is 10.7 Å². The van der Waals surface area contributed by atoms with Gasteiger partial charge < -0.3 is 11.1 Å². The van der Waals surface area contributed by atoms with Gasteiger partial charge >= 0.3 is 0 Å². The predicted molar refractivity (Wildman–Crippen MR) is 74.8 cm³/mol. The molecule has 98 valence electrons. The molecular weight excluding hydrogens is 248 g/mol. The summed E-state index contributed by atoms with van der Waals surface area (Å²) in [5.74, 6) is 0.318. The molecule has 0 aliphatic heterocycles. The van der Waals surface area contributed by atoms with E-state index in [1.807, 2.05) is 19.1 Å². The lowest BCUT2D eigenvalue weighted by molar-refractivity contribution is -0.117. The number of nitrogens with one attached hydrogen (secondary N) is 1. The monoisotopic (exact) mass is 266 g/mol. The highest BCUT2D eigenvalue weighted by Crippen LogP contribution is 2.28. The van der Waals surface area contributed by atoms with Crippen molar-refractivity contribution in [2.75, 3.05) is 5.32 Å². The third-order valence-corrected chi connectivity index (χ3v) is 3.89. The fourth-order valence-electron chi connectivity index (χ4n) is 2.49. The van der Waals surface area contributed by atoms with Crippen molar-refractivity contribution in [3.63, 3.8) is 0 Å². The Morgan fingerprint density at radius 3 is 2.94 bits per heavy atom. The first kappa shape index (κ1) is 13.4. The van der Waals surface area contributed by atoms with Crippen LogP contribution in [-0.4, -0.2) is 11.9 Å². The summed E-state index contributed by atoms with van der Waals surface area (Å²) in [6, 6.07) is 5.77. The number of hydrogen-bond acceptors (Lipinski definition) is 2. The normalized spacial score (nSPS) is 23.1. The molecule has 3 N–H and O–H groups in total. The molecule has 2 atom stereocenters. The maximum Gasteiger partial charge on any atom is 0.224 e. The van der Waals surface area contributed by atoms with Crippen LogP contribution in [0.3, 0.4) is 0 Å². The fraction of sp³-hybridized carbons (Fsp3) is 0.500. The van der Waals surface area contributed by atoms with E-state index in [0.29, 0.717) is 23.0 Å². The maximum atomic E-state index is 12.0. The highest BCUT2D eigenvalue weighted by atomic mass is 35.5. The van der Waals surface area contributed by atoms with Gasteiger partial charge in [-0.1, -0.05) is 24.1 Å². The standard InChI is InChI=1S/C14H19ClN2O/c1-9-5-6-11(15)13(7-9)17-14(18)8-10-3-2-4-12(10)16/h5-7,10,12H,2-4,8,16H2,1H3,(H,17,18)/t10-,12+/m0/s1. The predicted octanol–water partition coefficient (Wildman–Crippen LogP) is 3.10. The molecule has 0 unspecified atom stereocenters. The van der Waals surface area contributed by atoms with Crippen molar-refractivity contribution in [3.8, 4) is 0 Å². The van der Waals surface area contributed by atoms with Gasteiger partial charge in [0.15, 0.2) is 0 Å². The molecule has 4 heteroatoms. The third-order valence-electron chi connectivity index (χ3n) is 3.56. The molecule has 1 saturated carbocycles. The molecule has 0 spiro atoms. The number of benzene rings is 1. The summed E-state index contributed by atoms with van der Waals surface area (Å²) < 4.78 is 0. The van der Waals surface area contributed by atoms with Crippen molar-refractivity contribution in [1.29, 1.82) is 0 Å². The number of carbonyl (C=O) groups is 1. The highest BCUT2D eigenvalue weighted by Gasteiger charge is 2.26. The zero-order valence-corrected chi connectivity index (χ0v) is 11.3. The molecule has 0 heterocycles. The Bertz CT molecular complexity index is 447. The van der Waals surface area contributed by atoms with Crippen LogP contribution in [0.5, 0.6) is 0 Å². The smallest absolute Gasteiger partial charge is 0.224 e. The second-order valence-electron chi connectivity index (χ2n) is 5.09. The van der Waals surface area contributed by atoms with Crippen molar-refractivity contribution in [1.82, 2.24) is 0 Å². The summed E-state index contributed by atoms with van der Waals surface area (Å²) in [6.07, 6.45) is 3.70. The molecule has 1 aromatic carbocycles. The summed E-state index contributed by atoms with van der Waals surface area (Å²) in [5.41, 5.74) is 7.73. The number of carbonyl (C=O) groups excluding carboxylic acids is 1. The van der Waals surface area contributed by atoms with Gasteiger partial charge in [0.1, 0.15) is 0 Å². The van der Waals surface area contributed by atoms with E-state index in [1.165, 1.54) is 0 Å². The van der Waals surface area contributed by atoms with Crippen LogP contribution < -0.4 is 11.1 Å². The van der Waals surface area contributed by atoms with E-state index >= 15 is 0 Å². The molecule has 2 rings (SSSR count). The molecular formula is C14H19ClN2O. The summed E-state index contributed by atoms with van der Waals surface area (Å²) >= 11 is 6.05. The van der Waals surface area contributed by atoms with E-state index in [4.69, 9.17) is 17.3 Å². The van der Waals surface area contributed by atoms with Crippen molar-refractivity contribution >= 4 is 23.2 Å². The Morgan fingerprint density at radius 2 is 2.28 bits per heavy atom. The second-order valence-corrected chi connectivity index (χ2v) is 5.50. The number of nitrogens with two attached hydrogens (primary N) is 1. The average Bonchev–Trinajstić information content (AvgIpc) is 2.70. The first-order chi connectivity index (χ1) is 8.56. The number of aryl methyl sites for hydroxylation is 1. The number of halogens is 1.